The van der Waals surface area contributed by atoms with Crippen molar-refractivity contribution >= 4 is 0 Å². The van der Waals surface area contributed by atoms with Crippen LogP contribution in [-0.4, -0.2) is 9.78 Å². The summed E-state index contributed by atoms with van der Waals surface area (Å²) in [6.07, 6.45) is 1.48. The zero-order valence-electron chi connectivity index (χ0n) is 8.80. The van der Waals surface area contributed by atoms with Crippen LogP contribution < -0.4 is 5.56 Å². The minimum atomic E-state index is -0.473. The summed E-state index contributed by atoms with van der Waals surface area (Å²) in [4.78, 5) is 11.4. The Hall–Kier alpha value is -2.48. The lowest BCUT2D eigenvalue weighted by Gasteiger charge is -2.05. The summed E-state index contributed by atoms with van der Waals surface area (Å²) in [6.45, 7) is 0.156. The number of halogens is 1. The standard InChI is InChI=1S/C12H8FN3O/c13-11-4-3-9(10(6-11)7-14)8-16-12(17)2-1-5-15-16/h1-6H,8H2. The van der Waals surface area contributed by atoms with E-state index in [0.717, 1.165) is 6.07 Å². The van der Waals surface area contributed by atoms with Gasteiger partial charge in [-0.15, -0.1) is 0 Å². The molecule has 0 aliphatic heterocycles. The van der Waals surface area contributed by atoms with E-state index >= 15 is 0 Å². The number of hydrogen-bond acceptors (Lipinski definition) is 3. The van der Waals surface area contributed by atoms with Crippen molar-refractivity contribution in [2.45, 2.75) is 6.54 Å². The van der Waals surface area contributed by atoms with Crippen LogP contribution in [-0.2, 0) is 6.54 Å². The Balaban J connectivity index is 2.41. The molecule has 2 rings (SSSR count). The highest BCUT2D eigenvalue weighted by atomic mass is 19.1. The molecule has 0 unspecified atom stereocenters. The minimum Gasteiger partial charge on any atom is -0.268 e. The number of rotatable bonds is 2. The van der Waals surface area contributed by atoms with Crippen LogP contribution in [0.1, 0.15) is 11.1 Å². The quantitative estimate of drug-likeness (QED) is 0.779. The molecule has 0 spiro atoms. The van der Waals surface area contributed by atoms with Gasteiger partial charge in [0.1, 0.15) is 5.82 Å². The second-order valence-electron chi connectivity index (χ2n) is 3.43. The van der Waals surface area contributed by atoms with Gasteiger partial charge in [0, 0.05) is 12.3 Å². The molecule has 0 amide bonds. The largest absolute Gasteiger partial charge is 0.268 e. The third-order valence-electron chi connectivity index (χ3n) is 2.30. The van der Waals surface area contributed by atoms with Gasteiger partial charge in [-0.1, -0.05) is 6.07 Å². The molecule has 0 aliphatic carbocycles. The normalized spacial score (nSPS) is 9.88. The van der Waals surface area contributed by atoms with Crippen LogP contribution in [0.15, 0.2) is 41.3 Å². The number of aromatic nitrogens is 2. The summed E-state index contributed by atoms with van der Waals surface area (Å²) in [5.74, 6) is -0.473. The van der Waals surface area contributed by atoms with Crippen molar-refractivity contribution in [3.05, 3.63) is 63.8 Å². The molecule has 0 N–H and O–H groups in total. The average Bonchev–Trinajstić information content (AvgIpc) is 2.34. The Kier molecular flexibility index (Phi) is 2.97. The van der Waals surface area contributed by atoms with E-state index in [9.17, 15) is 9.18 Å². The van der Waals surface area contributed by atoms with Crippen molar-refractivity contribution in [2.24, 2.45) is 0 Å². The number of nitrogens with zero attached hydrogens (tertiary/aromatic N) is 3. The third kappa shape index (κ3) is 2.37. The lowest BCUT2D eigenvalue weighted by atomic mass is 10.1. The molecule has 0 saturated heterocycles. The van der Waals surface area contributed by atoms with Crippen LogP contribution in [0.3, 0.4) is 0 Å². The highest BCUT2D eigenvalue weighted by Crippen LogP contribution is 2.10. The maximum Gasteiger partial charge on any atom is 0.267 e. The van der Waals surface area contributed by atoms with E-state index in [4.69, 9.17) is 5.26 Å². The fourth-order valence-electron chi connectivity index (χ4n) is 1.46. The van der Waals surface area contributed by atoms with Gasteiger partial charge in [-0.05, 0) is 23.8 Å². The summed E-state index contributed by atoms with van der Waals surface area (Å²) in [5.41, 5.74) is 0.512. The second kappa shape index (κ2) is 4.58. The molecule has 84 valence electrons. The first-order valence-corrected chi connectivity index (χ1v) is 4.91. The van der Waals surface area contributed by atoms with E-state index in [-0.39, 0.29) is 17.7 Å². The highest BCUT2D eigenvalue weighted by Gasteiger charge is 2.05. The Bertz CT molecular complexity index is 643. The molecule has 1 aromatic carbocycles. The van der Waals surface area contributed by atoms with Gasteiger partial charge in [-0.3, -0.25) is 4.79 Å². The SMILES string of the molecule is N#Cc1cc(F)ccc1Cn1ncccc1=O. The number of nitriles is 1. The molecule has 1 heterocycles. The maximum atomic E-state index is 12.9. The summed E-state index contributed by atoms with van der Waals surface area (Å²) in [5, 5.41) is 12.7. The molecule has 1 aromatic heterocycles. The van der Waals surface area contributed by atoms with Gasteiger partial charge in [0.15, 0.2) is 0 Å². The smallest absolute Gasteiger partial charge is 0.267 e. The second-order valence-corrected chi connectivity index (χ2v) is 3.43. The highest BCUT2D eigenvalue weighted by molar-refractivity contribution is 5.37. The lowest BCUT2D eigenvalue weighted by molar-refractivity contribution is 0.617. The molecule has 0 bridgehead atoms. The van der Waals surface area contributed by atoms with Crippen molar-refractivity contribution in [1.29, 1.82) is 5.26 Å². The van der Waals surface area contributed by atoms with Crippen LogP contribution in [0.4, 0.5) is 4.39 Å². The van der Waals surface area contributed by atoms with Gasteiger partial charge in [-0.2, -0.15) is 10.4 Å². The Labute approximate surface area is 96.6 Å². The Morgan fingerprint density at radius 3 is 2.94 bits per heavy atom. The van der Waals surface area contributed by atoms with E-state index in [2.05, 4.69) is 5.10 Å². The van der Waals surface area contributed by atoms with Crippen LogP contribution in [0.5, 0.6) is 0 Å². The lowest BCUT2D eigenvalue weighted by Crippen LogP contribution is -2.22. The van der Waals surface area contributed by atoms with E-state index in [0.29, 0.717) is 5.56 Å². The van der Waals surface area contributed by atoms with E-state index in [1.165, 1.54) is 35.1 Å². The van der Waals surface area contributed by atoms with Gasteiger partial charge in [0.25, 0.3) is 5.56 Å². The fraction of sp³-hybridized carbons (Fsp3) is 0.0833. The fourth-order valence-corrected chi connectivity index (χ4v) is 1.46. The van der Waals surface area contributed by atoms with Crippen LogP contribution in [0.25, 0.3) is 0 Å². The van der Waals surface area contributed by atoms with Crippen molar-refractivity contribution in [3.63, 3.8) is 0 Å². The van der Waals surface area contributed by atoms with Gasteiger partial charge < -0.3 is 0 Å². The van der Waals surface area contributed by atoms with Gasteiger partial charge in [0.2, 0.25) is 0 Å². The molecule has 2 aromatic rings. The Morgan fingerprint density at radius 1 is 1.41 bits per heavy atom. The van der Waals surface area contributed by atoms with Crippen LogP contribution in [0.2, 0.25) is 0 Å². The summed E-state index contributed by atoms with van der Waals surface area (Å²) in [6, 6.07) is 8.68. The van der Waals surface area contributed by atoms with Crippen molar-refractivity contribution in [1.82, 2.24) is 9.78 Å². The topological polar surface area (TPSA) is 58.7 Å². The number of benzene rings is 1. The Morgan fingerprint density at radius 2 is 2.24 bits per heavy atom. The van der Waals surface area contributed by atoms with Gasteiger partial charge >= 0.3 is 0 Å². The predicted octanol–water partition coefficient (Wildman–Crippen LogP) is 1.30. The summed E-state index contributed by atoms with van der Waals surface area (Å²) in [7, 11) is 0. The average molecular weight is 229 g/mol. The molecule has 0 radical (unpaired) electrons. The van der Waals surface area contributed by atoms with Crippen molar-refractivity contribution < 1.29 is 4.39 Å². The summed E-state index contributed by atoms with van der Waals surface area (Å²) < 4.78 is 14.1. The molecule has 0 aliphatic rings. The minimum absolute atomic E-state index is 0.156. The molecule has 0 fully saturated rings. The molecule has 4 nitrogen and oxygen atoms in total. The first-order valence-electron chi connectivity index (χ1n) is 4.91. The molecule has 5 heteroatoms. The monoisotopic (exact) mass is 229 g/mol. The first-order chi connectivity index (χ1) is 8.20. The summed E-state index contributed by atoms with van der Waals surface area (Å²) >= 11 is 0. The molecule has 0 saturated carbocycles. The van der Waals surface area contributed by atoms with E-state index < -0.39 is 5.82 Å². The molecular formula is C12H8FN3O. The first kappa shape index (κ1) is 11.0. The number of hydrogen-bond donors (Lipinski definition) is 0. The maximum absolute atomic E-state index is 12.9. The van der Waals surface area contributed by atoms with Gasteiger partial charge in [0.05, 0.1) is 18.2 Å². The van der Waals surface area contributed by atoms with Crippen molar-refractivity contribution in [3.8, 4) is 6.07 Å². The van der Waals surface area contributed by atoms with Gasteiger partial charge in [-0.25, -0.2) is 9.07 Å². The van der Waals surface area contributed by atoms with Crippen LogP contribution in [0, 0.1) is 17.1 Å². The molecule has 0 atom stereocenters. The molecular weight excluding hydrogens is 221 g/mol. The zero-order valence-corrected chi connectivity index (χ0v) is 8.80. The third-order valence-corrected chi connectivity index (χ3v) is 2.30. The van der Waals surface area contributed by atoms with E-state index in [1.807, 2.05) is 6.07 Å². The predicted molar refractivity (Wildman–Crippen MR) is 58.7 cm³/mol. The van der Waals surface area contributed by atoms with Crippen LogP contribution >= 0.6 is 0 Å². The van der Waals surface area contributed by atoms with E-state index in [1.54, 1.807) is 0 Å². The molecule has 17 heavy (non-hydrogen) atoms. The zero-order chi connectivity index (χ0) is 12.3. The van der Waals surface area contributed by atoms with Crippen molar-refractivity contribution in [2.75, 3.05) is 0 Å².